The van der Waals surface area contributed by atoms with E-state index in [0.717, 1.165) is 38.3 Å². The summed E-state index contributed by atoms with van der Waals surface area (Å²) in [4.78, 5) is 56.1. The van der Waals surface area contributed by atoms with Crippen molar-refractivity contribution in [1.29, 1.82) is 0 Å². The van der Waals surface area contributed by atoms with E-state index in [2.05, 4.69) is 35.5 Å². The van der Waals surface area contributed by atoms with Crippen LogP contribution in [0.2, 0.25) is 0 Å². The quantitative estimate of drug-likeness (QED) is 0.135. The molecule has 2 saturated heterocycles. The van der Waals surface area contributed by atoms with E-state index in [0.29, 0.717) is 73.9 Å². The van der Waals surface area contributed by atoms with Crippen molar-refractivity contribution >= 4 is 45.9 Å². The topological polar surface area (TPSA) is 194 Å². The molecule has 4 aromatic heterocycles. The fraction of sp³-hybridized carbons (Fsp3) is 0.400. The lowest BCUT2D eigenvalue weighted by molar-refractivity contribution is -0.141. The number of phenols is 1. The number of nitrogens with one attached hydrogen (secondary N) is 2. The third-order valence-electron chi connectivity index (χ3n) is 12.4. The molecule has 7 heterocycles. The predicted molar refractivity (Wildman–Crippen MR) is 229 cm³/mol. The smallest absolute Gasteiger partial charge is 0.243 e. The number of thiazole rings is 1. The number of likely N-dealkylation sites (tertiary alicyclic amines) is 1. The summed E-state index contributed by atoms with van der Waals surface area (Å²) < 4.78 is 5.86. The van der Waals surface area contributed by atoms with E-state index in [1.165, 1.54) is 4.90 Å². The number of piperidine rings is 1. The molecule has 0 aliphatic carbocycles. The number of aliphatic hydroxyl groups is 1. The molecule has 3 atom stereocenters. The van der Waals surface area contributed by atoms with Crippen molar-refractivity contribution in [3.63, 3.8) is 0 Å². The minimum Gasteiger partial charge on any atom is -0.507 e. The molecule has 4 N–H and O–H groups in total. The van der Waals surface area contributed by atoms with E-state index >= 15 is 0 Å². The van der Waals surface area contributed by atoms with Gasteiger partial charge in [0.15, 0.2) is 17.2 Å². The van der Waals surface area contributed by atoms with E-state index in [4.69, 9.17) is 4.52 Å². The van der Waals surface area contributed by atoms with Gasteiger partial charge in [-0.2, -0.15) is 0 Å². The number of benzene rings is 2. The number of amides is 3. The van der Waals surface area contributed by atoms with Crippen LogP contribution < -0.4 is 10.2 Å². The van der Waals surface area contributed by atoms with Crippen molar-refractivity contribution < 1.29 is 29.1 Å². The first-order chi connectivity index (χ1) is 29.5. The van der Waals surface area contributed by atoms with Crippen molar-refractivity contribution in [2.24, 2.45) is 11.8 Å². The number of β-amino-alcohol motifs (C(OH)–C–C–N with tert-alkyl or cyclic N) is 1. The minimum absolute atomic E-state index is 0.0532. The molecule has 61 heavy (non-hydrogen) atoms. The first-order valence-corrected chi connectivity index (χ1v) is 21.8. The second-order valence-corrected chi connectivity index (χ2v) is 17.6. The third kappa shape index (κ3) is 7.97. The summed E-state index contributed by atoms with van der Waals surface area (Å²) in [5, 5.41) is 38.1. The van der Waals surface area contributed by atoms with Crippen molar-refractivity contribution in [3.05, 3.63) is 94.4 Å². The van der Waals surface area contributed by atoms with E-state index < -0.39 is 18.1 Å². The Hall–Kier alpha value is -6.13. The Morgan fingerprint density at radius 2 is 1.82 bits per heavy atom. The Morgan fingerprint density at radius 1 is 1.03 bits per heavy atom. The largest absolute Gasteiger partial charge is 0.507 e. The van der Waals surface area contributed by atoms with Crippen molar-refractivity contribution in [2.45, 2.75) is 77.6 Å². The van der Waals surface area contributed by atoms with E-state index in [1.807, 2.05) is 67.6 Å². The number of phenolic OH excluding ortho intramolecular Hbond substituents is 1. The van der Waals surface area contributed by atoms with Gasteiger partial charge >= 0.3 is 0 Å². The monoisotopic (exact) mass is 843 g/mol. The van der Waals surface area contributed by atoms with Gasteiger partial charge in [0, 0.05) is 86.3 Å². The van der Waals surface area contributed by atoms with Crippen LogP contribution in [0.5, 0.6) is 5.75 Å². The molecule has 3 aliphatic rings. The Kier molecular flexibility index (Phi) is 11.0. The molecule has 2 aromatic carbocycles. The maximum atomic E-state index is 14.2. The Morgan fingerprint density at radius 3 is 2.56 bits per heavy atom. The summed E-state index contributed by atoms with van der Waals surface area (Å²) in [6.45, 7) is 8.46. The number of H-pyrrole nitrogens is 1. The molecule has 316 valence electrons. The van der Waals surface area contributed by atoms with Gasteiger partial charge in [0.25, 0.3) is 0 Å². The highest BCUT2D eigenvalue weighted by atomic mass is 32.1. The zero-order chi connectivity index (χ0) is 42.4. The predicted octanol–water partition coefficient (Wildman–Crippen LogP) is 5.57. The fourth-order valence-electron chi connectivity index (χ4n) is 9.08. The molecule has 16 heteroatoms. The third-order valence-corrected chi connectivity index (χ3v) is 13.4. The lowest BCUT2D eigenvalue weighted by atomic mass is 9.91. The Labute approximate surface area is 356 Å². The first kappa shape index (κ1) is 40.3. The minimum atomic E-state index is -0.824. The molecular weight excluding hydrogens is 795 g/mol. The lowest BCUT2D eigenvalue weighted by Crippen LogP contribution is -2.48. The summed E-state index contributed by atoms with van der Waals surface area (Å²) in [6, 6.07) is 17.9. The summed E-state index contributed by atoms with van der Waals surface area (Å²) in [7, 11) is 0. The molecule has 9 rings (SSSR count). The molecule has 3 aliphatic heterocycles. The maximum Gasteiger partial charge on any atom is 0.243 e. The van der Waals surface area contributed by atoms with E-state index in [9.17, 15) is 24.6 Å². The van der Waals surface area contributed by atoms with Crippen molar-refractivity contribution in [2.75, 3.05) is 31.1 Å². The van der Waals surface area contributed by atoms with Gasteiger partial charge in [-0.3, -0.25) is 14.4 Å². The number of rotatable bonds is 10. The molecule has 0 saturated carbocycles. The molecular formula is C45H49N9O6S. The molecule has 3 amide bonds. The molecule has 6 aromatic rings. The average molecular weight is 844 g/mol. The van der Waals surface area contributed by atoms with Crippen LogP contribution in [0, 0.1) is 18.8 Å². The van der Waals surface area contributed by atoms with Gasteiger partial charge in [-0.05, 0) is 55.0 Å². The van der Waals surface area contributed by atoms with E-state index in [-0.39, 0.29) is 54.8 Å². The fourth-order valence-corrected chi connectivity index (χ4v) is 9.90. The van der Waals surface area contributed by atoms with Gasteiger partial charge in [-0.25, -0.2) is 4.98 Å². The van der Waals surface area contributed by atoms with Crippen LogP contribution in [-0.2, 0) is 33.9 Å². The van der Waals surface area contributed by atoms with Crippen LogP contribution in [-0.4, -0.2) is 101 Å². The van der Waals surface area contributed by atoms with Crippen LogP contribution in [0.25, 0.3) is 32.7 Å². The van der Waals surface area contributed by atoms with Gasteiger partial charge in [0.2, 0.25) is 17.7 Å². The highest BCUT2D eigenvalue weighted by molar-refractivity contribution is 7.13. The molecule has 2 fully saturated rings. The number of para-hydroxylation sites is 1. The number of aryl methyl sites for hydroxylation is 1. The van der Waals surface area contributed by atoms with Gasteiger partial charge in [-0.15, -0.1) is 21.5 Å². The number of carbonyl (C=O) groups is 3. The van der Waals surface area contributed by atoms with Crippen LogP contribution in [0.15, 0.2) is 70.7 Å². The Balaban J connectivity index is 0.814. The summed E-state index contributed by atoms with van der Waals surface area (Å²) >= 11 is 1.59. The number of nitrogens with zero attached hydrogens (tertiary/aromatic N) is 7. The molecule has 0 spiro atoms. The SMILES string of the molecule is Cc1ncsc1-c1ccc(CNC(=O)[C@@H]2C[C@@H](O)CN2C(=O)[C@H](c2cc(N3CCC(C(=O)N4CCc5[nH]c6nnc(-c7ccccc7O)cc6c5C4)CC3)no2)C(C)C)cc1. The number of hydrogen-bond donors (Lipinski definition) is 4. The molecule has 15 nitrogen and oxygen atoms in total. The van der Waals surface area contributed by atoms with Crippen LogP contribution in [0.3, 0.4) is 0 Å². The number of fused-ring (bicyclic) bond motifs is 3. The number of aromatic hydroxyl groups is 1. The Bertz CT molecular complexity index is 2580. The number of anilines is 1. The van der Waals surface area contributed by atoms with Gasteiger partial charge in [0.05, 0.1) is 27.9 Å². The number of carbonyl (C=O) groups excluding carboxylic acids is 3. The van der Waals surface area contributed by atoms with E-state index in [1.54, 1.807) is 35.6 Å². The average Bonchev–Trinajstić information content (AvgIpc) is 4.09. The molecule has 0 unspecified atom stereocenters. The second-order valence-electron chi connectivity index (χ2n) is 16.7. The first-order valence-electron chi connectivity index (χ1n) is 20.9. The highest BCUT2D eigenvalue weighted by Crippen LogP contribution is 2.36. The number of aromatic amines is 1. The second kappa shape index (κ2) is 16.7. The lowest BCUT2D eigenvalue weighted by Gasteiger charge is -2.35. The van der Waals surface area contributed by atoms with Gasteiger partial charge in [-0.1, -0.05) is 55.4 Å². The van der Waals surface area contributed by atoms with Crippen LogP contribution in [0.1, 0.15) is 67.3 Å². The summed E-state index contributed by atoms with van der Waals surface area (Å²) in [5.41, 5.74) is 8.71. The zero-order valence-electron chi connectivity index (χ0n) is 34.4. The molecule has 0 radical (unpaired) electrons. The van der Waals surface area contributed by atoms with Crippen molar-refractivity contribution in [1.82, 2.24) is 40.4 Å². The summed E-state index contributed by atoms with van der Waals surface area (Å²) in [6.07, 6.45) is 1.30. The molecule has 0 bridgehead atoms. The van der Waals surface area contributed by atoms with Gasteiger partial charge in [0.1, 0.15) is 17.7 Å². The number of hydrogen-bond acceptors (Lipinski definition) is 12. The van der Waals surface area contributed by atoms with Crippen LogP contribution in [0.4, 0.5) is 5.82 Å². The van der Waals surface area contributed by atoms with Crippen molar-refractivity contribution in [3.8, 4) is 27.4 Å². The van der Waals surface area contributed by atoms with Gasteiger partial charge < -0.3 is 39.7 Å². The zero-order valence-corrected chi connectivity index (χ0v) is 35.2. The standard InChI is InChI=1S/C45H49N9O6S/c1-25(2)40(45(59)54-22-30(55)18-36(54)43(57)46-21-27-8-10-28(11-9-27)41-26(3)47-24-61-41)38-20-39(51-60-38)52-15-12-29(13-16-52)44(58)53-17-14-34-33(23-53)32-19-35(49-50-42(32)48-34)31-6-4-5-7-37(31)56/h4-11,19-20,24-25,29-30,36,40,55-56H,12-18,21-23H2,1-3H3,(H,46,57)(H,48,50)/t30-,36+,40+/m1/s1. The highest BCUT2D eigenvalue weighted by Gasteiger charge is 2.43. The number of aliphatic hydroxyl groups excluding tert-OH is 1. The normalized spacial score (nSPS) is 18.8. The number of aromatic nitrogens is 5. The summed E-state index contributed by atoms with van der Waals surface area (Å²) in [5.74, 6) is -0.365. The maximum absolute atomic E-state index is 14.2. The van der Waals surface area contributed by atoms with Crippen LogP contribution >= 0.6 is 11.3 Å².